The van der Waals surface area contributed by atoms with Gasteiger partial charge in [0.05, 0.1) is 11.1 Å². The molecule has 1 unspecified atom stereocenters. The molecule has 0 N–H and O–H groups in total. The lowest BCUT2D eigenvalue weighted by Crippen LogP contribution is -2.46. The first-order valence-corrected chi connectivity index (χ1v) is 8.43. The predicted molar refractivity (Wildman–Crippen MR) is 94.9 cm³/mol. The molecular formula is C22H15F3O2. The summed E-state index contributed by atoms with van der Waals surface area (Å²) in [5.41, 5.74) is -0.364. The summed E-state index contributed by atoms with van der Waals surface area (Å²) in [6.07, 6.45) is -4.43. The van der Waals surface area contributed by atoms with E-state index in [-0.39, 0.29) is 12.4 Å². The third-order valence-corrected chi connectivity index (χ3v) is 4.94. The smallest absolute Gasteiger partial charge is 0.416 e. The molecule has 0 radical (unpaired) electrons. The van der Waals surface area contributed by atoms with Crippen molar-refractivity contribution in [3.8, 4) is 5.75 Å². The van der Waals surface area contributed by atoms with Crippen LogP contribution in [-0.2, 0) is 11.6 Å². The summed E-state index contributed by atoms with van der Waals surface area (Å²) in [6, 6.07) is 20.7. The average Bonchev–Trinajstić information content (AvgIpc) is 2.69. The molecule has 0 saturated carbocycles. The number of hydrogen-bond donors (Lipinski definition) is 0. The molecule has 1 aliphatic rings. The summed E-state index contributed by atoms with van der Waals surface area (Å²) in [5, 5.41) is 0. The van der Waals surface area contributed by atoms with Crippen LogP contribution in [0.5, 0.6) is 5.75 Å². The minimum absolute atomic E-state index is 0.0260. The number of carbonyl (C=O) groups excluding carboxylic acids is 1. The Bertz CT molecular complexity index is 978. The molecule has 1 atom stereocenters. The fraction of sp³-hybridized carbons (Fsp3) is 0.136. The van der Waals surface area contributed by atoms with E-state index in [1.807, 2.05) is 6.07 Å². The zero-order valence-electron chi connectivity index (χ0n) is 14.2. The van der Waals surface area contributed by atoms with E-state index >= 15 is 0 Å². The monoisotopic (exact) mass is 368 g/mol. The van der Waals surface area contributed by atoms with Crippen molar-refractivity contribution in [2.45, 2.75) is 11.6 Å². The summed E-state index contributed by atoms with van der Waals surface area (Å²) < 4.78 is 44.8. The molecule has 3 aromatic rings. The van der Waals surface area contributed by atoms with E-state index < -0.39 is 17.2 Å². The minimum Gasteiger partial charge on any atom is -0.491 e. The van der Waals surface area contributed by atoms with Crippen LogP contribution in [0.3, 0.4) is 0 Å². The second-order valence-corrected chi connectivity index (χ2v) is 6.46. The lowest BCUT2D eigenvalue weighted by atomic mass is 9.69. The number of hydrogen-bond acceptors (Lipinski definition) is 2. The quantitative estimate of drug-likeness (QED) is 0.616. The molecule has 0 aliphatic carbocycles. The SMILES string of the molecule is O=C1c2ccccc2OCC1(c1ccccc1)c1ccc(C(F)(F)F)cc1. The summed E-state index contributed by atoms with van der Waals surface area (Å²) in [4.78, 5) is 13.5. The maximum Gasteiger partial charge on any atom is 0.416 e. The van der Waals surface area contributed by atoms with Crippen LogP contribution in [0.2, 0.25) is 0 Å². The second-order valence-electron chi connectivity index (χ2n) is 6.46. The highest BCUT2D eigenvalue weighted by Gasteiger charge is 2.47. The van der Waals surface area contributed by atoms with Crippen LogP contribution in [-0.4, -0.2) is 12.4 Å². The predicted octanol–water partition coefficient (Wildman–Crippen LogP) is 5.27. The van der Waals surface area contributed by atoms with Crippen molar-refractivity contribution >= 4 is 5.78 Å². The number of alkyl halides is 3. The van der Waals surface area contributed by atoms with Crippen molar-refractivity contribution in [1.82, 2.24) is 0 Å². The highest BCUT2D eigenvalue weighted by Crippen LogP contribution is 2.42. The Balaban J connectivity index is 1.91. The fourth-order valence-corrected chi connectivity index (χ4v) is 3.52. The minimum atomic E-state index is -4.43. The van der Waals surface area contributed by atoms with Gasteiger partial charge in [-0.25, -0.2) is 0 Å². The number of ether oxygens (including phenoxy) is 1. The molecule has 27 heavy (non-hydrogen) atoms. The van der Waals surface area contributed by atoms with E-state index in [9.17, 15) is 18.0 Å². The molecule has 0 fully saturated rings. The molecule has 0 saturated heterocycles. The summed E-state index contributed by atoms with van der Waals surface area (Å²) in [7, 11) is 0. The number of benzene rings is 3. The van der Waals surface area contributed by atoms with Crippen molar-refractivity contribution < 1.29 is 22.7 Å². The van der Waals surface area contributed by atoms with Crippen LogP contribution in [0.4, 0.5) is 13.2 Å². The molecule has 4 rings (SSSR count). The van der Waals surface area contributed by atoms with Gasteiger partial charge in [0.15, 0.2) is 5.78 Å². The Kier molecular flexibility index (Phi) is 4.02. The Morgan fingerprint density at radius 3 is 2.04 bits per heavy atom. The van der Waals surface area contributed by atoms with Crippen molar-refractivity contribution in [2.75, 3.05) is 6.61 Å². The number of ketones is 1. The lowest BCUT2D eigenvalue weighted by Gasteiger charge is -2.37. The van der Waals surface area contributed by atoms with E-state index in [1.54, 1.807) is 48.5 Å². The molecule has 0 spiro atoms. The van der Waals surface area contributed by atoms with Gasteiger partial charge in [0.25, 0.3) is 0 Å². The maximum absolute atomic E-state index is 13.5. The normalized spacial score (nSPS) is 19.3. The van der Waals surface area contributed by atoms with Gasteiger partial charge in [-0.1, -0.05) is 54.6 Å². The Labute approximate surface area is 154 Å². The number of para-hydroxylation sites is 1. The molecule has 1 aliphatic heterocycles. The van der Waals surface area contributed by atoms with Crippen molar-refractivity contribution in [1.29, 1.82) is 0 Å². The van der Waals surface area contributed by atoms with Gasteiger partial charge < -0.3 is 4.74 Å². The zero-order chi connectivity index (χ0) is 19.1. The van der Waals surface area contributed by atoms with E-state index in [4.69, 9.17) is 4.74 Å². The van der Waals surface area contributed by atoms with Crippen LogP contribution in [0.15, 0.2) is 78.9 Å². The molecule has 5 heteroatoms. The van der Waals surface area contributed by atoms with E-state index in [0.29, 0.717) is 22.4 Å². The summed E-state index contributed by atoms with van der Waals surface area (Å²) in [6.45, 7) is 0.0260. The van der Waals surface area contributed by atoms with Crippen LogP contribution >= 0.6 is 0 Å². The summed E-state index contributed by atoms with van der Waals surface area (Å²) in [5.74, 6) is 0.302. The van der Waals surface area contributed by atoms with E-state index in [1.165, 1.54) is 12.1 Å². The van der Waals surface area contributed by atoms with Gasteiger partial charge >= 0.3 is 6.18 Å². The molecule has 0 bridgehead atoms. The Morgan fingerprint density at radius 2 is 1.37 bits per heavy atom. The first kappa shape index (κ1) is 17.3. The molecular weight excluding hydrogens is 353 g/mol. The first-order valence-electron chi connectivity index (χ1n) is 8.43. The summed E-state index contributed by atoms with van der Waals surface area (Å²) >= 11 is 0. The largest absolute Gasteiger partial charge is 0.491 e. The molecule has 0 amide bonds. The van der Waals surface area contributed by atoms with Gasteiger partial charge in [0, 0.05) is 0 Å². The number of halogens is 3. The molecule has 1 heterocycles. The first-order chi connectivity index (χ1) is 12.9. The zero-order valence-corrected chi connectivity index (χ0v) is 14.2. The highest BCUT2D eigenvalue weighted by atomic mass is 19.4. The van der Waals surface area contributed by atoms with E-state index in [0.717, 1.165) is 12.1 Å². The average molecular weight is 368 g/mol. The Morgan fingerprint density at radius 1 is 0.778 bits per heavy atom. The molecule has 136 valence electrons. The van der Waals surface area contributed by atoms with Gasteiger partial charge in [-0.2, -0.15) is 13.2 Å². The van der Waals surface area contributed by atoms with Crippen molar-refractivity contribution in [3.05, 3.63) is 101 Å². The molecule has 2 nitrogen and oxygen atoms in total. The van der Waals surface area contributed by atoms with Crippen molar-refractivity contribution in [2.24, 2.45) is 0 Å². The van der Waals surface area contributed by atoms with Gasteiger partial charge in [-0.05, 0) is 35.4 Å². The van der Waals surface area contributed by atoms with Crippen LogP contribution in [0.25, 0.3) is 0 Å². The van der Waals surface area contributed by atoms with E-state index in [2.05, 4.69) is 0 Å². The van der Waals surface area contributed by atoms with Crippen LogP contribution < -0.4 is 4.74 Å². The molecule has 0 aromatic heterocycles. The number of carbonyl (C=O) groups is 1. The van der Waals surface area contributed by atoms with Crippen LogP contribution in [0, 0.1) is 0 Å². The standard InChI is InChI=1S/C22H15F3O2/c23-22(24,25)17-12-10-16(11-13-17)21(15-6-2-1-3-7-15)14-27-19-9-5-4-8-18(19)20(21)26/h1-13H,14H2. The number of fused-ring (bicyclic) bond motifs is 1. The highest BCUT2D eigenvalue weighted by molar-refractivity contribution is 6.09. The van der Waals surface area contributed by atoms with Gasteiger partial charge in [-0.3, -0.25) is 4.79 Å². The fourth-order valence-electron chi connectivity index (χ4n) is 3.52. The van der Waals surface area contributed by atoms with Crippen molar-refractivity contribution in [3.63, 3.8) is 0 Å². The lowest BCUT2D eigenvalue weighted by molar-refractivity contribution is -0.137. The number of rotatable bonds is 2. The topological polar surface area (TPSA) is 26.3 Å². The van der Waals surface area contributed by atoms with Gasteiger partial charge in [-0.15, -0.1) is 0 Å². The maximum atomic E-state index is 13.5. The third-order valence-electron chi connectivity index (χ3n) is 4.94. The number of Topliss-reactive ketones (excluding diaryl/α,β-unsaturated/α-hetero) is 1. The van der Waals surface area contributed by atoms with Gasteiger partial charge in [0.2, 0.25) is 0 Å². The Hall–Kier alpha value is -3.08. The van der Waals surface area contributed by atoms with Gasteiger partial charge in [0.1, 0.15) is 17.8 Å². The third kappa shape index (κ3) is 2.79. The van der Waals surface area contributed by atoms with Crippen LogP contribution in [0.1, 0.15) is 27.0 Å². The second kappa shape index (κ2) is 6.27. The molecule has 3 aromatic carbocycles.